The maximum absolute atomic E-state index is 13.8. The van der Waals surface area contributed by atoms with E-state index in [4.69, 9.17) is 6.42 Å². The van der Waals surface area contributed by atoms with E-state index in [1.807, 2.05) is 36.0 Å². The molecule has 16 heavy (non-hydrogen) atoms. The lowest BCUT2D eigenvalue weighted by molar-refractivity contribution is -0.660. The van der Waals surface area contributed by atoms with Crippen LogP contribution in [0.2, 0.25) is 0 Å². The number of rotatable bonds is 1. The zero-order valence-corrected chi connectivity index (χ0v) is 8.94. The second-order valence-corrected chi connectivity index (χ2v) is 3.50. The third-order valence-corrected chi connectivity index (χ3v) is 2.48. The first-order chi connectivity index (χ1) is 7.74. The number of halogens is 1. The average Bonchev–Trinajstić information content (AvgIpc) is 2.30. The summed E-state index contributed by atoms with van der Waals surface area (Å²) in [7, 11) is 1.86. The first kappa shape index (κ1) is 10.4. The van der Waals surface area contributed by atoms with Crippen molar-refractivity contribution in [2.24, 2.45) is 7.05 Å². The molecule has 2 rings (SSSR count). The number of aryl methyl sites for hydroxylation is 1. The summed E-state index contributed by atoms with van der Waals surface area (Å²) in [6, 6.07) is 10.4. The van der Waals surface area contributed by atoms with Crippen molar-refractivity contribution in [3.05, 3.63) is 54.0 Å². The van der Waals surface area contributed by atoms with Gasteiger partial charge in [0.15, 0.2) is 6.20 Å². The van der Waals surface area contributed by atoms with Crippen molar-refractivity contribution in [3.63, 3.8) is 0 Å². The van der Waals surface area contributed by atoms with Crippen molar-refractivity contribution in [1.29, 1.82) is 0 Å². The Kier molecular flexibility index (Phi) is 2.70. The van der Waals surface area contributed by atoms with Crippen LogP contribution in [0.15, 0.2) is 42.6 Å². The summed E-state index contributed by atoms with van der Waals surface area (Å²) < 4.78 is 15.6. The molecule has 0 saturated carbocycles. The Morgan fingerprint density at radius 1 is 1.19 bits per heavy atom. The summed E-state index contributed by atoms with van der Waals surface area (Å²) in [5.74, 6) is 2.21. The monoisotopic (exact) mass is 212 g/mol. The molecule has 1 heterocycles. The average molecular weight is 212 g/mol. The van der Waals surface area contributed by atoms with Gasteiger partial charge in [-0.2, -0.15) is 0 Å². The molecule has 0 bridgehead atoms. The van der Waals surface area contributed by atoms with Crippen LogP contribution in [0.25, 0.3) is 11.3 Å². The molecule has 0 spiro atoms. The summed E-state index contributed by atoms with van der Waals surface area (Å²) in [6.07, 6.45) is 7.24. The van der Waals surface area contributed by atoms with E-state index >= 15 is 0 Å². The van der Waals surface area contributed by atoms with Gasteiger partial charge in [-0.3, -0.25) is 0 Å². The van der Waals surface area contributed by atoms with E-state index in [2.05, 4.69) is 5.92 Å². The summed E-state index contributed by atoms with van der Waals surface area (Å²) in [4.78, 5) is 0. The van der Waals surface area contributed by atoms with Crippen molar-refractivity contribution in [3.8, 4) is 23.6 Å². The van der Waals surface area contributed by atoms with Crippen LogP contribution < -0.4 is 4.57 Å². The zero-order chi connectivity index (χ0) is 11.5. The van der Waals surface area contributed by atoms with Crippen LogP contribution in [-0.2, 0) is 7.05 Å². The predicted molar refractivity (Wildman–Crippen MR) is 60.9 cm³/mol. The second-order valence-electron chi connectivity index (χ2n) is 3.50. The highest BCUT2D eigenvalue weighted by Crippen LogP contribution is 2.23. The Morgan fingerprint density at radius 2 is 2.00 bits per heavy atom. The third kappa shape index (κ3) is 1.68. The van der Waals surface area contributed by atoms with Gasteiger partial charge >= 0.3 is 0 Å². The topological polar surface area (TPSA) is 3.88 Å². The number of hydrogen-bond donors (Lipinski definition) is 0. The van der Waals surface area contributed by atoms with Gasteiger partial charge in [0, 0.05) is 17.7 Å². The van der Waals surface area contributed by atoms with E-state index in [9.17, 15) is 4.39 Å². The lowest BCUT2D eigenvalue weighted by Gasteiger charge is -2.04. The van der Waals surface area contributed by atoms with Gasteiger partial charge in [0.25, 0.3) is 0 Å². The van der Waals surface area contributed by atoms with Gasteiger partial charge in [-0.1, -0.05) is 12.0 Å². The molecule has 0 aliphatic heterocycles. The lowest BCUT2D eigenvalue weighted by atomic mass is 10.0. The van der Waals surface area contributed by atoms with E-state index in [0.717, 1.165) is 5.69 Å². The van der Waals surface area contributed by atoms with E-state index in [0.29, 0.717) is 11.1 Å². The molecule has 0 saturated heterocycles. The Bertz CT molecular complexity index is 567. The van der Waals surface area contributed by atoms with E-state index in [1.165, 1.54) is 6.07 Å². The highest BCUT2D eigenvalue weighted by molar-refractivity contribution is 5.66. The largest absolute Gasteiger partial charge is 0.216 e. The first-order valence-corrected chi connectivity index (χ1v) is 4.94. The number of terminal acetylenes is 1. The molecule has 1 aromatic heterocycles. The Labute approximate surface area is 94.2 Å². The SMILES string of the molecule is C#Cc1cccc(F)c1-c1cccc[n+]1C. The maximum atomic E-state index is 13.8. The van der Waals surface area contributed by atoms with Crippen molar-refractivity contribution < 1.29 is 8.96 Å². The van der Waals surface area contributed by atoms with E-state index in [1.54, 1.807) is 12.1 Å². The number of benzene rings is 1. The highest BCUT2D eigenvalue weighted by Gasteiger charge is 2.16. The fourth-order valence-electron chi connectivity index (χ4n) is 1.69. The fourth-order valence-corrected chi connectivity index (χ4v) is 1.69. The smallest absolute Gasteiger partial charge is 0.206 e. The van der Waals surface area contributed by atoms with Crippen LogP contribution in [0.3, 0.4) is 0 Å². The minimum Gasteiger partial charge on any atom is -0.206 e. The molecule has 0 N–H and O–H groups in total. The molecule has 0 fully saturated rings. The standard InChI is InChI=1S/C14H11FN/c1-3-11-7-6-8-12(15)14(11)13-9-4-5-10-16(13)2/h1,4-10H,2H3/q+1. The quantitative estimate of drug-likeness (QED) is 0.504. The van der Waals surface area contributed by atoms with Crippen LogP contribution in [0.1, 0.15) is 5.56 Å². The lowest BCUT2D eigenvalue weighted by Crippen LogP contribution is -2.30. The number of hydrogen-bond acceptors (Lipinski definition) is 0. The number of pyridine rings is 1. The Morgan fingerprint density at radius 3 is 2.69 bits per heavy atom. The number of aromatic nitrogens is 1. The molecule has 0 aliphatic rings. The number of nitrogens with zero attached hydrogens (tertiary/aromatic N) is 1. The van der Waals surface area contributed by atoms with Gasteiger partial charge in [0.1, 0.15) is 12.9 Å². The van der Waals surface area contributed by atoms with Crippen LogP contribution in [0.4, 0.5) is 4.39 Å². The molecule has 1 nitrogen and oxygen atoms in total. The van der Waals surface area contributed by atoms with Gasteiger partial charge in [0.05, 0.1) is 5.56 Å². The second kappa shape index (κ2) is 4.16. The third-order valence-electron chi connectivity index (χ3n) is 2.48. The Balaban J connectivity index is 2.75. The van der Waals surface area contributed by atoms with Crippen molar-refractivity contribution >= 4 is 0 Å². The normalized spacial score (nSPS) is 9.81. The van der Waals surface area contributed by atoms with Gasteiger partial charge in [0.2, 0.25) is 5.69 Å². The van der Waals surface area contributed by atoms with Crippen LogP contribution in [0, 0.1) is 18.2 Å². The van der Waals surface area contributed by atoms with Crippen molar-refractivity contribution in [2.75, 3.05) is 0 Å². The molecule has 78 valence electrons. The van der Waals surface area contributed by atoms with Crippen molar-refractivity contribution in [2.45, 2.75) is 0 Å². The van der Waals surface area contributed by atoms with Crippen LogP contribution >= 0.6 is 0 Å². The van der Waals surface area contributed by atoms with Gasteiger partial charge in [-0.25, -0.2) is 8.96 Å². The molecule has 0 aliphatic carbocycles. The minimum absolute atomic E-state index is 0.294. The van der Waals surface area contributed by atoms with Gasteiger partial charge in [-0.05, 0) is 18.2 Å². The zero-order valence-electron chi connectivity index (χ0n) is 8.94. The van der Waals surface area contributed by atoms with Gasteiger partial charge < -0.3 is 0 Å². The summed E-state index contributed by atoms with van der Waals surface area (Å²) in [5, 5.41) is 0. The fraction of sp³-hybridized carbons (Fsp3) is 0.0714. The van der Waals surface area contributed by atoms with E-state index in [-0.39, 0.29) is 5.82 Å². The molecule has 0 radical (unpaired) electrons. The molecule has 2 aromatic rings. The molecule has 0 unspecified atom stereocenters. The Hall–Kier alpha value is -2.14. The van der Waals surface area contributed by atoms with E-state index < -0.39 is 0 Å². The molecular formula is C14H11FN+. The minimum atomic E-state index is -0.294. The highest BCUT2D eigenvalue weighted by atomic mass is 19.1. The van der Waals surface area contributed by atoms with Crippen LogP contribution in [-0.4, -0.2) is 0 Å². The molecule has 1 aromatic carbocycles. The summed E-state index contributed by atoms with van der Waals surface area (Å²) >= 11 is 0. The predicted octanol–water partition coefficient (Wildman–Crippen LogP) is 2.30. The maximum Gasteiger partial charge on any atom is 0.216 e. The molecular weight excluding hydrogens is 201 g/mol. The van der Waals surface area contributed by atoms with Crippen molar-refractivity contribution in [1.82, 2.24) is 0 Å². The molecule has 0 amide bonds. The molecule has 2 heteroatoms. The molecule has 0 atom stereocenters. The first-order valence-electron chi connectivity index (χ1n) is 4.94. The summed E-state index contributed by atoms with van der Waals surface area (Å²) in [6.45, 7) is 0. The van der Waals surface area contributed by atoms with Crippen LogP contribution in [0.5, 0.6) is 0 Å². The summed E-state index contributed by atoms with van der Waals surface area (Å²) in [5.41, 5.74) is 1.82. The van der Waals surface area contributed by atoms with Gasteiger partial charge in [-0.15, -0.1) is 6.42 Å².